The van der Waals surface area contributed by atoms with Crippen LogP contribution in [0.3, 0.4) is 0 Å². The number of alkyl halides is 2. The van der Waals surface area contributed by atoms with Gasteiger partial charge in [0, 0.05) is 30.8 Å². The lowest BCUT2D eigenvalue weighted by molar-refractivity contribution is -0.0490. The molecule has 154 valence electrons. The lowest BCUT2D eigenvalue weighted by Gasteiger charge is -2.32. The number of pyridine rings is 1. The second-order valence-corrected chi connectivity index (χ2v) is 7.46. The van der Waals surface area contributed by atoms with E-state index in [1.807, 2.05) is 4.90 Å². The van der Waals surface area contributed by atoms with Crippen molar-refractivity contribution >= 4 is 11.5 Å². The predicted molar refractivity (Wildman–Crippen MR) is 99.6 cm³/mol. The Kier molecular flexibility index (Phi) is 3.77. The molecule has 4 aromatic rings. The smallest absolute Gasteiger partial charge is 0.387 e. The van der Waals surface area contributed by atoms with Crippen LogP contribution in [0.15, 0.2) is 35.1 Å². The van der Waals surface area contributed by atoms with Crippen LogP contribution in [-0.2, 0) is 6.42 Å². The van der Waals surface area contributed by atoms with E-state index in [-0.39, 0.29) is 5.75 Å². The third-order valence-electron chi connectivity index (χ3n) is 5.51. The number of hydrogen-bond donors (Lipinski definition) is 1. The number of rotatable bonds is 5. The number of anilines is 1. The Morgan fingerprint density at radius 3 is 3.00 bits per heavy atom. The number of aromatic nitrogens is 6. The Hall–Kier alpha value is -3.50. The van der Waals surface area contributed by atoms with E-state index in [0.29, 0.717) is 35.6 Å². The Labute approximate surface area is 168 Å². The molecule has 1 unspecified atom stereocenters. The monoisotopic (exact) mass is 413 g/mol. The van der Waals surface area contributed by atoms with Crippen molar-refractivity contribution in [3.05, 3.63) is 53.7 Å². The van der Waals surface area contributed by atoms with Gasteiger partial charge in [0.1, 0.15) is 11.6 Å². The molecule has 1 aliphatic carbocycles. The topological polar surface area (TPSA) is 97.4 Å². The molecule has 11 heteroatoms. The molecule has 0 bridgehead atoms. The number of H-pyrrole nitrogens is 1. The third kappa shape index (κ3) is 2.80. The van der Waals surface area contributed by atoms with Crippen molar-refractivity contribution in [2.75, 3.05) is 11.4 Å². The molecule has 1 fully saturated rings. The van der Waals surface area contributed by atoms with Gasteiger partial charge >= 0.3 is 12.6 Å². The summed E-state index contributed by atoms with van der Waals surface area (Å²) in [5, 5.41) is 13.1. The lowest BCUT2D eigenvalue weighted by Crippen LogP contribution is -2.36. The second kappa shape index (κ2) is 6.51. The molecule has 0 saturated heterocycles. The van der Waals surface area contributed by atoms with Crippen LogP contribution in [0.25, 0.3) is 5.52 Å². The molecule has 2 aliphatic rings. The highest BCUT2D eigenvalue weighted by Gasteiger charge is 2.37. The van der Waals surface area contributed by atoms with Gasteiger partial charge in [0.05, 0.1) is 17.7 Å². The Balaban J connectivity index is 1.45. The van der Waals surface area contributed by atoms with Gasteiger partial charge in [0.2, 0.25) is 5.89 Å². The van der Waals surface area contributed by atoms with Crippen LogP contribution in [0.4, 0.5) is 14.8 Å². The van der Waals surface area contributed by atoms with Crippen LogP contribution in [0, 0.1) is 0 Å². The number of nitrogens with one attached hydrogen (secondary N) is 1. The summed E-state index contributed by atoms with van der Waals surface area (Å²) in [7, 11) is 0. The molecule has 0 aromatic carbocycles. The van der Waals surface area contributed by atoms with Crippen LogP contribution in [0.2, 0.25) is 0 Å². The average Bonchev–Trinajstić information content (AvgIpc) is 3.15. The molecule has 1 aliphatic heterocycles. The first-order valence-electron chi connectivity index (χ1n) is 9.72. The van der Waals surface area contributed by atoms with E-state index in [2.05, 4.69) is 30.0 Å². The van der Waals surface area contributed by atoms with Crippen molar-refractivity contribution in [1.82, 2.24) is 29.8 Å². The standard InChI is InChI=1S/C19H17F2N7O2/c20-18(21)29-14-2-1-6-28-13(14)8-12(26-28)16-15-11(22-9-23-15)5-7-27(16)19-25-24-17(30-19)10-3-4-10/h1-2,6,8-10,16,18H,3-5,7H2,(H,22,23). The molecule has 1 saturated carbocycles. The lowest BCUT2D eigenvalue weighted by atomic mass is 10.0. The van der Waals surface area contributed by atoms with Crippen LogP contribution < -0.4 is 9.64 Å². The summed E-state index contributed by atoms with van der Waals surface area (Å²) in [5.41, 5.74) is 2.87. The second-order valence-electron chi connectivity index (χ2n) is 7.46. The van der Waals surface area contributed by atoms with E-state index < -0.39 is 12.7 Å². The molecule has 6 rings (SSSR count). The van der Waals surface area contributed by atoms with Crippen LogP contribution >= 0.6 is 0 Å². The minimum atomic E-state index is -2.92. The van der Waals surface area contributed by atoms with Crippen molar-refractivity contribution in [2.24, 2.45) is 0 Å². The first kappa shape index (κ1) is 17.4. The van der Waals surface area contributed by atoms with Gasteiger partial charge in [-0.3, -0.25) is 0 Å². The van der Waals surface area contributed by atoms with Gasteiger partial charge in [-0.1, -0.05) is 5.10 Å². The van der Waals surface area contributed by atoms with Gasteiger partial charge in [-0.05, 0) is 31.0 Å². The summed E-state index contributed by atoms with van der Waals surface area (Å²) >= 11 is 0. The van der Waals surface area contributed by atoms with Crippen molar-refractivity contribution in [1.29, 1.82) is 0 Å². The van der Waals surface area contributed by atoms with Crippen molar-refractivity contribution in [3.63, 3.8) is 0 Å². The zero-order chi connectivity index (χ0) is 20.2. The largest absolute Gasteiger partial charge is 0.433 e. The molecular weight excluding hydrogens is 396 g/mol. The first-order chi connectivity index (χ1) is 14.7. The number of halogens is 2. The van der Waals surface area contributed by atoms with Gasteiger partial charge in [-0.2, -0.15) is 13.9 Å². The van der Waals surface area contributed by atoms with Gasteiger partial charge < -0.3 is 19.0 Å². The van der Waals surface area contributed by atoms with Crippen molar-refractivity contribution < 1.29 is 17.9 Å². The summed E-state index contributed by atoms with van der Waals surface area (Å²) < 4.78 is 37.8. The maximum absolute atomic E-state index is 12.8. The van der Waals surface area contributed by atoms with E-state index in [9.17, 15) is 8.78 Å². The third-order valence-corrected chi connectivity index (χ3v) is 5.51. The van der Waals surface area contributed by atoms with E-state index in [0.717, 1.165) is 30.7 Å². The zero-order valence-electron chi connectivity index (χ0n) is 15.7. The molecule has 5 heterocycles. The molecule has 9 nitrogen and oxygen atoms in total. The van der Waals surface area contributed by atoms with Crippen LogP contribution in [0.5, 0.6) is 5.75 Å². The number of hydrogen-bond acceptors (Lipinski definition) is 7. The highest BCUT2D eigenvalue weighted by atomic mass is 19.3. The molecule has 0 radical (unpaired) electrons. The fraction of sp³-hybridized carbons (Fsp3) is 0.368. The molecular formula is C19H17F2N7O2. The van der Waals surface area contributed by atoms with Crippen molar-refractivity contribution in [2.45, 2.75) is 37.8 Å². The summed E-state index contributed by atoms with van der Waals surface area (Å²) in [4.78, 5) is 9.64. The highest BCUT2D eigenvalue weighted by molar-refractivity contribution is 5.61. The zero-order valence-corrected chi connectivity index (χ0v) is 15.7. The fourth-order valence-corrected chi connectivity index (χ4v) is 3.96. The summed E-state index contributed by atoms with van der Waals surface area (Å²) in [6, 6.07) is 4.85. The average molecular weight is 413 g/mol. The summed E-state index contributed by atoms with van der Waals surface area (Å²) in [6.45, 7) is -2.29. The number of nitrogens with zero attached hydrogens (tertiary/aromatic N) is 6. The van der Waals surface area contributed by atoms with E-state index in [1.165, 1.54) is 10.6 Å². The quantitative estimate of drug-likeness (QED) is 0.537. The molecule has 1 N–H and O–H groups in total. The Morgan fingerprint density at radius 1 is 1.27 bits per heavy atom. The summed E-state index contributed by atoms with van der Waals surface area (Å²) in [5.74, 6) is 1.06. The minimum absolute atomic E-state index is 0.0599. The van der Waals surface area contributed by atoms with Gasteiger partial charge in [0.15, 0.2) is 5.75 Å². The maximum Gasteiger partial charge on any atom is 0.387 e. The Bertz CT molecular complexity index is 1210. The van der Waals surface area contributed by atoms with E-state index in [4.69, 9.17) is 4.42 Å². The predicted octanol–water partition coefficient (Wildman–Crippen LogP) is 3.07. The van der Waals surface area contributed by atoms with E-state index in [1.54, 1.807) is 24.7 Å². The highest BCUT2D eigenvalue weighted by Crippen LogP contribution is 2.42. The number of aromatic amines is 1. The molecule has 0 spiro atoms. The van der Waals surface area contributed by atoms with Gasteiger partial charge in [-0.15, -0.1) is 5.10 Å². The number of ether oxygens (including phenoxy) is 1. The Morgan fingerprint density at radius 2 is 2.17 bits per heavy atom. The normalized spacial score (nSPS) is 18.9. The van der Waals surface area contributed by atoms with Gasteiger partial charge in [-0.25, -0.2) is 9.50 Å². The minimum Gasteiger partial charge on any atom is -0.433 e. The van der Waals surface area contributed by atoms with Gasteiger partial charge in [0.25, 0.3) is 0 Å². The molecule has 30 heavy (non-hydrogen) atoms. The van der Waals surface area contributed by atoms with Crippen LogP contribution in [0.1, 0.15) is 47.8 Å². The molecule has 1 atom stereocenters. The summed E-state index contributed by atoms with van der Waals surface area (Å²) in [6.07, 6.45) is 6.20. The number of imidazole rings is 1. The molecule has 4 aromatic heterocycles. The number of fused-ring (bicyclic) bond motifs is 2. The van der Waals surface area contributed by atoms with Crippen molar-refractivity contribution in [3.8, 4) is 5.75 Å². The van der Waals surface area contributed by atoms with E-state index >= 15 is 0 Å². The fourth-order valence-electron chi connectivity index (χ4n) is 3.96. The SMILES string of the molecule is FC(F)Oc1cccn2nc(C3c4nc[nH]c4CCN3c3nnc(C4CC4)o3)cc12. The first-order valence-corrected chi connectivity index (χ1v) is 9.72. The molecule has 0 amide bonds. The maximum atomic E-state index is 12.8. The van der Waals surface area contributed by atoms with Crippen LogP contribution in [-0.4, -0.2) is 42.9 Å².